The van der Waals surface area contributed by atoms with Gasteiger partial charge in [-0.25, -0.2) is 0 Å². The molecule has 1 aliphatic rings. The van der Waals surface area contributed by atoms with Gasteiger partial charge in [0.15, 0.2) is 0 Å². The van der Waals surface area contributed by atoms with E-state index in [9.17, 15) is 9.90 Å². The van der Waals surface area contributed by atoms with Crippen LogP contribution < -0.4 is 34.7 Å². The van der Waals surface area contributed by atoms with Gasteiger partial charge in [0.1, 0.15) is 0 Å². The molecule has 0 saturated carbocycles. The first kappa shape index (κ1) is 9.21. The van der Waals surface area contributed by atoms with Crippen LogP contribution in [0.4, 0.5) is 0 Å². The maximum atomic E-state index is 9.79. The zero-order valence-corrected chi connectivity index (χ0v) is 7.46. The van der Waals surface area contributed by atoms with Crippen LogP contribution in [0.15, 0.2) is 12.2 Å². The van der Waals surface area contributed by atoms with Crippen molar-refractivity contribution in [1.29, 1.82) is 0 Å². The molecule has 1 aliphatic carbocycles. The Hall–Kier alpha value is 0.210. The molecule has 0 aromatic heterocycles. The molecule has 0 spiro atoms. The molecular weight excluding hydrogens is 127 g/mol. The van der Waals surface area contributed by atoms with Gasteiger partial charge in [0, 0.05) is 5.97 Å². The molecule has 0 amide bonds. The van der Waals surface area contributed by atoms with Crippen LogP contribution in [0.1, 0.15) is 12.8 Å². The summed E-state index contributed by atoms with van der Waals surface area (Å²) >= 11 is 0. The van der Waals surface area contributed by atoms with Crippen LogP contribution in [0.2, 0.25) is 0 Å². The molecule has 0 unspecified atom stereocenters. The molecule has 44 valence electrons. The molecule has 0 aliphatic heterocycles. The van der Waals surface area contributed by atoms with Crippen LogP contribution in [0, 0.1) is 5.92 Å². The zero-order valence-electron chi connectivity index (χ0n) is 5.46. The van der Waals surface area contributed by atoms with Gasteiger partial charge >= 0.3 is 29.6 Å². The first-order valence-corrected chi connectivity index (χ1v) is 2.67. The average Bonchev–Trinajstić information content (AvgIpc) is 2.41. The molecule has 2 nitrogen and oxygen atoms in total. The van der Waals surface area contributed by atoms with Crippen molar-refractivity contribution in [2.75, 3.05) is 0 Å². The van der Waals surface area contributed by atoms with Crippen molar-refractivity contribution in [3.63, 3.8) is 0 Å². The van der Waals surface area contributed by atoms with Crippen LogP contribution in [-0.2, 0) is 4.79 Å². The summed E-state index contributed by atoms with van der Waals surface area (Å²) in [5, 5.41) is 9.79. The molecule has 0 heterocycles. The van der Waals surface area contributed by atoms with Gasteiger partial charge in [-0.3, -0.25) is 0 Å². The van der Waals surface area contributed by atoms with E-state index in [1.807, 2.05) is 12.2 Å². The fourth-order valence-corrected chi connectivity index (χ4v) is 0.556. The fourth-order valence-electron chi connectivity index (χ4n) is 0.556. The van der Waals surface area contributed by atoms with Gasteiger partial charge in [0.25, 0.3) is 0 Å². The number of aliphatic carboxylic acids is 1. The summed E-state index contributed by atoms with van der Waals surface area (Å²) in [6.07, 6.45) is 4.89. The molecule has 0 N–H and O–H groups in total. The largest absolute Gasteiger partial charge is 1.00 e. The van der Waals surface area contributed by atoms with E-state index in [-0.39, 0.29) is 36.0 Å². The van der Waals surface area contributed by atoms with Crippen molar-refractivity contribution in [3.05, 3.63) is 12.2 Å². The minimum Gasteiger partial charge on any atom is -0.550 e. The van der Waals surface area contributed by atoms with Gasteiger partial charge in [0.05, 0.1) is 0 Å². The number of carboxylic acid groups (broad SMARTS) is 1. The second-order valence-electron chi connectivity index (χ2n) is 1.96. The Kier molecular flexibility index (Phi) is 4.19. The number of rotatable bonds is 3. The van der Waals surface area contributed by atoms with E-state index in [1.165, 1.54) is 0 Å². The van der Waals surface area contributed by atoms with Crippen LogP contribution >= 0.6 is 0 Å². The minimum absolute atomic E-state index is 0. The van der Waals surface area contributed by atoms with Gasteiger partial charge < -0.3 is 9.90 Å². The number of hydrogen-bond donors (Lipinski definition) is 0. The van der Waals surface area contributed by atoms with E-state index in [1.54, 1.807) is 0 Å². The second-order valence-corrected chi connectivity index (χ2v) is 1.96. The Balaban J connectivity index is 0.000000640. The average molecular weight is 134 g/mol. The molecule has 0 aromatic rings. The number of carbonyl (C=O) groups is 1. The standard InChI is InChI=1S/C6H8O2.Na/c7-6(8)4-3-5-1-2-5;/h1-2,5H,3-4H2,(H,7,8);/q;+1/p-1. The van der Waals surface area contributed by atoms with Crippen molar-refractivity contribution in [2.45, 2.75) is 12.8 Å². The topological polar surface area (TPSA) is 40.1 Å². The van der Waals surface area contributed by atoms with Gasteiger partial charge in [-0.15, -0.1) is 0 Å². The molecule has 0 saturated heterocycles. The van der Waals surface area contributed by atoms with Crippen molar-refractivity contribution < 1.29 is 39.5 Å². The molecule has 0 aromatic carbocycles. The van der Waals surface area contributed by atoms with Crippen LogP contribution in [-0.4, -0.2) is 5.97 Å². The third kappa shape index (κ3) is 4.70. The number of hydrogen-bond acceptors (Lipinski definition) is 2. The van der Waals surface area contributed by atoms with Gasteiger partial charge in [-0.1, -0.05) is 12.2 Å². The van der Waals surface area contributed by atoms with Crippen molar-refractivity contribution in [3.8, 4) is 0 Å². The van der Waals surface area contributed by atoms with E-state index < -0.39 is 5.97 Å². The maximum Gasteiger partial charge on any atom is 1.00 e. The third-order valence-corrected chi connectivity index (χ3v) is 1.15. The number of carboxylic acids is 1. The Morgan fingerprint density at radius 2 is 2.11 bits per heavy atom. The fraction of sp³-hybridized carbons (Fsp3) is 0.500. The Bertz CT molecular complexity index is 125. The Morgan fingerprint density at radius 3 is 2.44 bits per heavy atom. The number of allylic oxidation sites excluding steroid dienone is 2. The van der Waals surface area contributed by atoms with E-state index in [0.717, 1.165) is 6.42 Å². The predicted molar refractivity (Wildman–Crippen MR) is 26.9 cm³/mol. The van der Waals surface area contributed by atoms with Gasteiger partial charge in [-0.05, 0) is 18.8 Å². The summed E-state index contributed by atoms with van der Waals surface area (Å²) in [7, 11) is 0. The smallest absolute Gasteiger partial charge is 0.550 e. The third-order valence-electron chi connectivity index (χ3n) is 1.15. The molecule has 0 fully saturated rings. The van der Waals surface area contributed by atoms with Crippen LogP contribution in [0.25, 0.3) is 0 Å². The van der Waals surface area contributed by atoms with Gasteiger partial charge in [-0.2, -0.15) is 0 Å². The van der Waals surface area contributed by atoms with E-state index in [2.05, 4.69) is 0 Å². The summed E-state index contributed by atoms with van der Waals surface area (Å²) in [6, 6.07) is 0. The number of carbonyl (C=O) groups excluding carboxylic acids is 1. The van der Waals surface area contributed by atoms with Crippen LogP contribution in [0.5, 0.6) is 0 Å². The Labute approximate surface area is 76.2 Å². The SMILES string of the molecule is O=C([O-])CCC1C=C1.[Na+]. The molecule has 0 radical (unpaired) electrons. The molecule has 0 bridgehead atoms. The molecule has 9 heavy (non-hydrogen) atoms. The van der Waals surface area contributed by atoms with E-state index in [0.29, 0.717) is 5.92 Å². The summed E-state index contributed by atoms with van der Waals surface area (Å²) < 4.78 is 0. The van der Waals surface area contributed by atoms with Crippen LogP contribution in [0.3, 0.4) is 0 Å². The van der Waals surface area contributed by atoms with Gasteiger partial charge in [0.2, 0.25) is 0 Å². The second kappa shape index (κ2) is 4.09. The van der Waals surface area contributed by atoms with Crippen molar-refractivity contribution in [2.24, 2.45) is 5.92 Å². The zero-order chi connectivity index (χ0) is 5.98. The minimum atomic E-state index is -0.946. The molecule has 0 atom stereocenters. The van der Waals surface area contributed by atoms with E-state index in [4.69, 9.17) is 0 Å². The van der Waals surface area contributed by atoms with Crippen molar-refractivity contribution in [1.82, 2.24) is 0 Å². The van der Waals surface area contributed by atoms with E-state index >= 15 is 0 Å². The normalized spacial score (nSPS) is 14.7. The Morgan fingerprint density at radius 1 is 1.56 bits per heavy atom. The molecule has 3 heteroatoms. The summed E-state index contributed by atoms with van der Waals surface area (Å²) in [4.78, 5) is 9.79. The monoisotopic (exact) mass is 134 g/mol. The summed E-state index contributed by atoms with van der Waals surface area (Å²) in [5.74, 6) is -0.480. The van der Waals surface area contributed by atoms with Crippen molar-refractivity contribution >= 4 is 5.97 Å². The maximum absolute atomic E-state index is 9.79. The molecular formula is C6H7NaO2. The summed E-state index contributed by atoms with van der Waals surface area (Å²) in [6.45, 7) is 0. The first-order valence-electron chi connectivity index (χ1n) is 2.67. The quantitative estimate of drug-likeness (QED) is 0.300. The molecule has 1 rings (SSSR count). The predicted octanol–water partition coefficient (Wildman–Crippen LogP) is -3.29. The first-order chi connectivity index (χ1) is 3.79. The summed E-state index contributed by atoms with van der Waals surface area (Å²) in [5.41, 5.74) is 0.